The Morgan fingerprint density at radius 3 is 2.38 bits per heavy atom. The van der Waals surface area contributed by atoms with Gasteiger partial charge in [-0.1, -0.05) is 39.8 Å². The van der Waals surface area contributed by atoms with E-state index in [1.807, 2.05) is 0 Å². The van der Waals surface area contributed by atoms with E-state index in [1.54, 1.807) is 0 Å². The molecule has 0 aromatic carbocycles. The molecular weight excluding hydrogens is 200 g/mol. The molecule has 0 saturated heterocycles. The number of aromatic nitrogens is 1. The van der Waals surface area contributed by atoms with Gasteiger partial charge in [0.15, 0.2) is 0 Å². The van der Waals surface area contributed by atoms with E-state index < -0.39 is 0 Å². The van der Waals surface area contributed by atoms with Crippen molar-refractivity contribution in [2.75, 3.05) is 6.54 Å². The minimum absolute atomic E-state index is 0.315. The smallest absolute Gasteiger partial charge is 0.141 e. The SMILES string of the molecule is CCc1noc(CC)c1CNCC(C)(C)C. The van der Waals surface area contributed by atoms with Gasteiger partial charge in [0.2, 0.25) is 0 Å². The van der Waals surface area contributed by atoms with Gasteiger partial charge in [-0.25, -0.2) is 0 Å². The van der Waals surface area contributed by atoms with E-state index in [4.69, 9.17) is 4.52 Å². The molecule has 3 nitrogen and oxygen atoms in total. The lowest BCUT2D eigenvalue weighted by Crippen LogP contribution is -2.26. The van der Waals surface area contributed by atoms with Crippen molar-refractivity contribution in [3.63, 3.8) is 0 Å². The molecular formula is C13H24N2O. The van der Waals surface area contributed by atoms with E-state index in [-0.39, 0.29) is 0 Å². The number of nitrogens with zero attached hydrogens (tertiary/aromatic N) is 1. The number of hydrogen-bond acceptors (Lipinski definition) is 3. The minimum atomic E-state index is 0.315. The van der Waals surface area contributed by atoms with Crippen molar-refractivity contribution < 1.29 is 4.52 Å². The Morgan fingerprint density at radius 1 is 1.19 bits per heavy atom. The molecule has 0 aliphatic heterocycles. The van der Waals surface area contributed by atoms with Gasteiger partial charge >= 0.3 is 0 Å². The van der Waals surface area contributed by atoms with Crippen molar-refractivity contribution >= 4 is 0 Å². The predicted octanol–water partition coefficient (Wildman–Crippen LogP) is 2.94. The molecule has 1 N–H and O–H groups in total. The third-order valence-corrected chi connectivity index (χ3v) is 2.56. The molecule has 1 aromatic heterocycles. The second-order valence-corrected chi connectivity index (χ2v) is 5.40. The lowest BCUT2D eigenvalue weighted by atomic mass is 9.97. The van der Waals surface area contributed by atoms with Crippen molar-refractivity contribution in [3.8, 4) is 0 Å². The van der Waals surface area contributed by atoms with E-state index >= 15 is 0 Å². The summed E-state index contributed by atoms with van der Waals surface area (Å²) in [5.74, 6) is 1.03. The van der Waals surface area contributed by atoms with E-state index in [1.165, 1.54) is 5.56 Å². The molecule has 0 aliphatic rings. The normalized spacial score (nSPS) is 12.1. The van der Waals surface area contributed by atoms with Crippen molar-refractivity contribution in [3.05, 3.63) is 17.0 Å². The second kappa shape index (κ2) is 5.48. The van der Waals surface area contributed by atoms with Gasteiger partial charge in [-0.3, -0.25) is 0 Å². The Kier molecular flexibility index (Phi) is 4.54. The van der Waals surface area contributed by atoms with Crippen LogP contribution in [0.2, 0.25) is 0 Å². The van der Waals surface area contributed by atoms with Crippen LogP contribution >= 0.6 is 0 Å². The molecule has 1 heterocycles. The van der Waals surface area contributed by atoms with E-state index in [2.05, 4.69) is 45.1 Å². The summed E-state index contributed by atoms with van der Waals surface area (Å²) in [6.07, 6.45) is 1.86. The summed E-state index contributed by atoms with van der Waals surface area (Å²) in [6, 6.07) is 0. The lowest BCUT2D eigenvalue weighted by Gasteiger charge is -2.18. The van der Waals surface area contributed by atoms with Gasteiger partial charge in [0, 0.05) is 25.1 Å². The highest BCUT2D eigenvalue weighted by atomic mass is 16.5. The topological polar surface area (TPSA) is 38.1 Å². The van der Waals surface area contributed by atoms with Crippen LogP contribution in [0.5, 0.6) is 0 Å². The molecule has 92 valence electrons. The molecule has 0 fully saturated rings. The zero-order valence-electron chi connectivity index (χ0n) is 11.2. The summed E-state index contributed by atoms with van der Waals surface area (Å²) in [4.78, 5) is 0. The quantitative estimate of drug-likeness (QED) is 0.835. The maximum Gasteiger partial charge on any atom is 0.141 e. The Morgan fingerprint density at radius 2 is 1.88 bits per heavy atom. The summed E-state index contributed by atoms with van der Waals surface area (Å²) >= 11 is 0. The Hall–Kier alpha value is -0.830. The number of hydrogen-bond donors (Lipinski definition) is 1. The predicted molar refractivity (Wildman–Crippen MR) is 66.4 cm³/mol. The number of aryl methyl sites for hydroxylation is 2. The fourth-order valence-corrected chi connectivity index (χ4v) is 1.70. The molecule has 0 unspecified atom stereocenters. The third kappa shape index (κ3) is 3.63. The Labute approximate surface area is 98.6 Å². The fourth-order valence-electron chi connectivity index (χ4n) is 1.70. The highest BCUT2D eigenvalue weighted by molar-refractivity contribution is 5.22. The minimum Gasteiger partial charge on any atom is -0.361 e. The van der Waals surface area contributed by atoms with Crippen LogP contribution in [0.3, 0.4) is 0 Å². The maximum atomic E-state index is 5.33. The molecule has 3 heteroatoms. The van der Waals surface area contributed by atoms with Gasteiger partial charge in [-0.15, -0.1) is 0 Å². The molecule has 1 rings (SSSR count). The summed E-state index contributed by atoms with van der Waals surface area (Å²) in [5.41, 5.74) is 2.67. The summed E-state index contributed by atoms with van der Waals surface area (Å²) in [7, 11) is 0. The van der Waals surface area contributed by atoms with Gasteiger partial charge in [-0.2, -0.15) is 0 Å². The second-order valence-electron chi connectivity index (χ2n) is 5.40. The summed E-state index contributed by atoms with van der Waals surface area (Å²) in [6.45, 7) is 12.8. The average molecular weight is 224 g/mol. The van der Waals surface area contributed by atoms with Crippen LogP contribution in [0, 0.1) is 5.41 Å². The fraction of sp³-hybridized carbons (Fsp3) is 0.769. The first kappa shape index (κ1) is 13.2. The Balaban J connectivity index is 2.61. The highest BCUT2D eigenvalue weighted by Crippen LogP contribution is 2.16. The van der Waals surface area contributed by atoms with Gasteiger partial charge < -0.3 is 9.84 Å². The standard InChI is InChI=1S/C13H24N2O/c1-6-11-10(12(7-2)16-15-11)8-14-9-13(3,4)5/h14H,6-9H2,1-5H3. The van der Waals surface area contributed by atoms with Crippen LogP contribution in [-0.4, -0.2) is 11.7 Å². The zero-order valence-corrected chi connectivity index (χ0v) is 11.2. The van der Waals surface area contributed by atoms with Crippen molar-refractivity contribution in [2.45, 2.75) is 54.0 Å². The number of nitrogens with one attached hydrogen (secondary N) is 1. The lowest BCUT2D eigenvalue weighted by molar-refractivity contribution is 0.371. The van der Waals surface area contributed by atoms with Crippen LogP contribution in [0.1, 0.15) is 51.6 Å². The van der Waals surface area contributed by atoms with E-state index in [0.717, 1.165) is 37.4 Å². The van der Waals surface area contributed by atoms with Gasteiger partial charge in [0.05, 0.1) is 5.69 Å². The zero-order chi connectivity index (χ0) is 12.2. The monoisotopic (exact) mass is 224 g/mol. The molecule has 16 heavy (non-hydrogen) atoms. The maximum absolute atomic E-state index is 5.33. The first-order valence-electron chi connectivity index (χ1n) is 6.15. The van der Waals surface area contributed by atoms with Crippen molar-refractivity contribution in [2.24, 2.45) is 5.41 Å². The van der Waals surface area contributed by atoms with Gasteiger partial charge in [-0.05, 0) is 11.8 Å². The van der Waals surface area contributed by atoms with E-state index in [0.29, 0.717) is 5.41 Å². The van der Waals surface area contributed by atoms with Crippen molar-refractivity contribution in [1.29, 1.82) is 0 Å². The molecule has 1 aromatic rings. The van der Waals surface area contributed by atoms with Gasteiger partial charge in [0.1, 0.15) is 5.76 Å². The Bertz CT molecular complexity index is 302. The largest absolute Gasteiger partial charge is 0.361 e. The summed E-state index contributed by atoms with van der Waals surface area (Å²) < 4.78 is 5.33. The van der Waals surface area contributed by atoms with Crippen LogP contribution in [-0.2, 0) is 19.4 Å². The van der Waals surface area contributed by atoms with Crippen molar-refractivity contribution in [1.82, 2.24) is 10.5 Å². The van der Waals surface area contributed by atoms with E-state index in [9.17, 15) is 0 Å². The first-order valence-corrected chi connectivity index (χ1v) is 6.15. The molecule has 0 saturated carbocycles. The van der Waals surface area contributed by atoms with Gasteiger partial charge in [0.25, 0.3) is 0 Å². The average Bonchev–Trinajstić information content (AvgIpc) is 2.58. The van der Waals surface area contributed by atoms with Crippen LogP contribution in [0.25, 0.3) is 0 Å². The molecule has 0 spiro atoms. The van der Waals surface area contributed by atoms with Crippen LogP contribution in [0.4, 0.5) is 0 Å². The molecule has 0 bridgehead atoms. The van der Waals surface area contributed by atoms with Crippen LogP contribution < -0.4 is 5.32 Å². The van der Waals surface area contributed by atoms with Crippen LogP contribution in [0.15, 0.2) is 4.52 Å². The highest BCUT2D eigenvalue weighted by Gasteiger charge is 2.14. The molecule has 0 radical (unpaired) electrons. The number of rotatable bonds is 5. The molecule has 0 atom stereocenters. The third-order valence-electron chi connectivity index (χ3n) is 2.56. The molecule has 0 aliphatic carbocycles. The summed E-state index contributed by atoms with van der Waals surface area (Å²) in [5, 5.41) is 7.58. The molecule has 0 amide bonds. The first-order chi connectivity index (χ1) is 7.48.